The normalized spacial score (nSPS) is 14.4. The van der Waals surface area contributed by atoms with Crippen molar-refractivity contribution in [3.8, 4) is 5.75 Å². The molecular weight excluding hydrogens is 214 g/mol. The summed E-state index contributed by atoms with van der Waals surface area (Å²) in [6.07, 6.45) is 7.62. The number of fused-ring (bicyclic) bond motifs is 1. The zero-order valence-electron chi connectivity index (χ0n) is 10.2. The van der Waals surface area contributed by atoms with Crippen LogP contribution in [0.15, 0.2) is 17.1 Å². The van der Waals surface area contributed by atoms with E-state index in [1.807, 2.05) is 0 Å². The average Bonchev–Trinajstić information content (AvgIpc) is 2.59. The lowest BCUT2D eigenvalue weighted by molar-refractivity contribution is 0.409. The summed E-state index contributed by atoms with van der Waals surface area (Å²) >= 11 is 0. The highest BCUT2D eigenvalue weighted by molar-refractivity contribution is 5.44. The lowest BCUT2D eigenvalue weighted by Gasteiger charge is -2.12. The van der Waals surface area contributed by atoms with Crippen molar-refractivity contribution in [3.63, 3.8) is 0 Å². The highest BCUT2D eigenvalue weighted by atomic mass is 16.5. The molecule has 1 aliphatic carbocycles. The molecule has 0 aliphatic heterocycles. The number of nitrogens with zero attached hydrogens (tertiary/aromatic N) is 1. The predicted molar refractivity (Wildman–Crippen MR) is 66.1 cm³/mol. The number of rotatable bonds is 3. The molecule has 0 radical (unpaired) electrons. The second-order valence-corrected chi connectivity index (χ2v) is 4.40. The molecule has 3 heteroatoms. The maximum Gasteiger partial charge on any atom is 0.235 e. The van der Waals surface area contributed by atoms with Crippen molar-refractivity contribution in [2.75, 3.05) is 7.11 Å². The molecule has 1 aromatic rings. The Morgan fingerprint density at radius 1 is 1.24 bits per heavy atom. The second-order valence-electron chi connectivity index (χ2n) is 4.40. The van der Waals surface area contributed by atoms with E-state index >= 15 is 0 Å². The van der Waals surface area contributed by atoms with Crippen molar-refractivity contribution in [2.24, 2.45) is 4.99 Å². The number of hydrogen-bond acceptors (Lipinski definition) is 3. The van der Waals surface area contributed by atoms with Crippen molar-refractivity contribution >= 4 is 6.08 Å². The molecule has 0 N–H and O–H groups in total. The average molecular weight is 231 g/mol. The van der Waals surface area contributed by atoms with Gasteiger partial charge in [-0.3, -0.25) is 0 Å². The molecule has 1 aromatic carbocycles. The molecule has 0 aromatic heterocycles. The quantitative estimate of drug-likeness (QED) is 0.456. The van der Waals surface area contributed by atoms with Gasteiger partial charge in [-0.25, -0.2) is 9.79 Å². The summed E-state index contributed by atoms with van der Waals surface area (Å²) in [6.45, 7) is 0.361. The molecule has 0 saturated carbocycles. The van der Waals surface area contributed by atoms with Crippen LogP contribution < -0.4 is 4.74 Å². The molecule has 0 unspecified atom stereocenters. The molecule has 3 nitrogen and oxygen atoms in total. The van der Waals surface area contributed by atoms with E-state index in [9.17, 15) is 4.79 Å². The van der Waals surface area contributed by atoms with Crippen LogP contribution in [0.4, 0.5) is 0 Å². The van der Waals surface area contributed by atoms with Gasteiger partial charge >= 0.3 is 0 Å². The number of carbonyl (C=O) groups excluding carboxylic acids is 1. The Bertz CT molecular complexity index is 448. The third kappa shape index (κ3) is 2.75. The van der Waals surface area contributed by atoms with Gasteiger partial charge in [0.2, 0.25) is 6.08 Å². The molecule has 0 spiro atoms. The molecule has 2 rings (SSSR count). The molecular formula is C14H17NO2. The number of ether oxygens (including phenoxy) is 1. The van der Waals surface area contributed by atoms with Crippen LogP contribution in [0.1, 0.15) is 36.0 Å². The zero-order chi connectivity index (χ0) is 12.1. The van der Waals surface area contributed by atoms with E-state index in [0.717, 1.165) is 24.2 Å². The first-order valence-corrected chi connectivity index (χ1v) is 6.07. The standard InChI is InChI=1S/C14H17NO2/c1-17-14-8-12-6-4-2-3-5-11(12)7-13(14)9-15-10-16/h7-8H,2-6,9H2,1H3. The minimum atomic E-state index is 0.361. The summed E-state index contributed by atoms with van der Waals surface area (Å²) < 4.78 is 5.36. The molecule has 0 fully saturated rings. The van der Waals surface area contributed by atoms with Gasteiger partial charge in [-0.05, 0) is 48.9 Å². The van der Waals surface area contributed by atoms with Gasteiger partial charge in [-0.15, -0.1) is 0 Å². The number of isocyanates is 1. The molecule has 0 bridgehead atoms. The summed E-state index contributed by atoms with van der Waals surface area (Å²) in [4.78, 5) is 13.8. The highest BCUT2D eigenvalue weighted by Gasteiger charge is 2.12. The van der Waals surface area contributed by atoms with Crippen LogP contribution in [0.25, 0.3) is 0 Å². The number of benzene rings is 1. The van der Waals surface area contributed by atoms with Crippen molar-refractivity contribution in [1.29, 1.82) is 0 Å². The van der Waals surface area contributed by atoms with Gasteiger partial charge in [0.05, 0.1) is 13.7 Å². The van der Waals surface area contributed by atoms with E-state index in [-0.39, 0.29) is 0 Å². The topological polar surface area (TPSA) is 38.7 Å². The summed E-state index contributed by atoms with van der Waals surface area (Å²) in [7, 11) is 1.66. The fourth-order valence-electron chi connectivity index (χ4n) is 2.42. The number of aliphatic imine (C=N–C) groups is 1. The minimum absolute atomic E-state index is 0.361. The Balaban J connectivity index is 2.38. The summed E-state index contributed by atoms with van der Waals surface area (Å²) in [5.41, 5.74) is 3.76. The summed E-state index contributed by atoms with van der Waals surface area (Å²) in [5.74, 6) is 0.838. The zero-order valence-corrected chi connectivity index (χ0v) is 10.2. The first-order valence-electron chi connectivity index (χ1n) is 6.07. The Morgan fingerprint density at radius 2 is 1.94 bits per heavy atom. The summed E-state index contributed by atoms with van der Waals surface area (Å²) in [6, 6.07) is 4.25. The van der Waals surface area contributed by atoms with Crippen LogP contribution in [0.3, 0.4) is 0 Å². The van der Waals surface area contributed by atoms with E-state index in [4.69, 9.17) is 4.74 Å². The van der Waals surface area contributed by atoms with Gasteiger partial charge < -0.3 is 4.74 Å². The van der Waals surface area contributed by atoms with Gasteiger partial charge in [0.25, 0.3) is 0 Å². The van der Waals surface area contributed by atoms with Gasteiger partial charge in [0.15, 0.2) is 0 Å². The van der Waals surface area contributed by atoms with Crippen LogP contribution >= 0.6 is 0 Å². The number of methoxy groups -OCH3 is 1. The molecule has 0 heterocycles. The van der Waals surface area contributed by atoms with Crippen LogP contribution in [0, 0.1) is 0 Å². The molecule has 1 aliphatic rings. The molecule has 0 atom stereocenters. The van der Waals surface area contributed by atoms with E-state index in [1.165, 1.54) is 30.4 Å². The molecule has 0 amide bonds. The number of aryl methyl sites for hydroxylation is 2. The SMILES string of the molecule is COc1cc2c(cc1CN=C=O)CCCCC2. The largest absolute Gasteiger partial charge is 0.496 e. The fourth-order valence-corrected chi connectivity index (χ4v) is 2.42. The predicted octanol–water partition coefficient (Wildman–Crippen LogP) is 2.80. The van der Waals surface area contributed by atoms with Gasteiger partial charge in [-0.2, -0.15) is 0 Å². The Morgan fingerprint density at radius 3 is 2.59 bits per heavy atom. The third-order valence-corrected chi connectivity index (χ3v) is 3.31. The number of hydrogen-bond donors (Lipinski definition) is 0. The lowest BCUT2D eigenvalue weighted by atomic mass is 9.99. The van der Waals surface area contributed by atoms with E-state index in [0.29, 0.717) is 6.54 Å². The Kier molecular flexibility index (Phi) is 3.94. The molecule has 0 saturated heterocycles. The van der Waals surface area contributed by atoms with Crippen LogP contribution in [0.5, 0.6) is 5.75 Å². The second kappa shape index (κ2) is 5.65. The van der Waals surface area contributed by atoms with E-state index in [2.05, 4.69) is 17.1 Å². The maximum absolute atomic E-state index is 10.2. The maximum atomic E-state index is 10.2. The van der Waals surface area contributed by atoms with Gasteiger partial charge in [-0.1, -0.05) is 6.42 Å². The molecule has 90 valence electrons. The van der Waals surface area contributed by atoms with Gasteiger partial charge in [0.1, 0.15) is 5.75 Å². The summed E-state index contributed by atoms with van der Waals surface area (Å²) in [5, 5.41) is 0. The van der Waals surface area contributed by atoms with Crippen molar-refractivity contribution in [1.82, 2.24) is 0 Å². The lowest BCUT2D eigenvalue weighted by Crippen LogP contribution is -1.98. The van der Waals surface area contributed by atoms with Gasteiger partial charge in [0, 0.05) is 5.56 Å². The first kappa shape index (κ1) is 11.9. The smallest absolute Gasteiger partial charge is 0.235 e. The van der Waals surface area contributed by atoms with Crippen molar-refractivity contribution in [2.45, 2.75) is 38.6 Å². The van der Waals surface area contributed by atoms with Crippen LogP contribution in [-0.2, 0) is 24.2 Å². The van der Waals surface area contributed by atoms with Crippen molar-refractivity contribution < 1.29 is 9.53 Å². The van der Waals surface area contributed by atoms with Crippen LogP contribution in [0.2, 0.25) is 0 Å². The van der Waals surface area contributed by atoms with E-state index < -0.39 is 0 Å². The van der Waals surface area contributed by atoms with E-state index in [1.54, 1.807) is 13.2 Å². The van der Waals surface area contributed by atoms with Crippen LogP contribution in [-0.4, -0.2) is 13.2 Å². The first-order chi connectivity index (χ1) is 8.35. The molecule has 17 heavy (non-hydrogen) atoms. The fraction of sp³-hybridized carbons (Fsp3) is 0.500. The third-order valence-electron chi connectivity index (χ3n) is 3.31. The monoisotopic (exact) mass is 231 g/mol. The van der Waals surface area contributed by atoms with Crippen molar-refractivity contribution in [3.05, 3.63) is 28.8 Å². The highest BCUT2D eigenvalue weighted by Crippen LogP contribution is 2.28. The Labute approximate surface area is 102 Å². The minimum Gasteiger partial charge on any atom is -0.496 e. The Hall–Kier alpha value is -1.60.